The number of nitriles is 2. The summed E-state index contributed by atoms with van der Waals surface area (Å²) in [7, 11) is 0. The third kappa shape index (κ3) is 1.79. The fourth-order valence-corrected chi connectivity index (χ4v) is 2.00. The summed E-state index contributed by atoms with van der Waals surface area (Å²) in [5.74, 6) is 0. The minimum Gasteiger partial charge on any atom is -0.288 e. The third-order valence-corrected chi connectivity index (χ3v) is 3.55. The van der Waals surface area contributed by atoms with E-state index in [1.165, 1.54) is 0 Å². The maximum atomic E-state index is 9.19. The van der Waals surface area contributed by atoms with Gasteiger partial charge in [0.05, 0.1) is 17.7 Å². The highest BCUT2D eigenvalue weighted by atomic mass is 15.4. The lowest BCUT2D eigenvalue weighted by Gasteiger charge is -2.22. The SMILES string of the molecule is [2H]CC1(C(C)(C#N)C#N)CN1Cc1ccccc1. The maximum absolute atomic E-state index is 9.19. The first-order valence-electron chi connectivity index (χ1n) is 6.23. The average Bonchev–Trinajstić information content (AvgIpc) is 3.14. The van der Waals surface area contributed by atoms with E-state index in [4.69, 9.17) is 1.37 Å². The second kappa shape index (κ2) is 3.87. The van der Waals surface area contributed by atoms with Gasteiger partial charge in [-0.05, 0) is 19.4 Å². The van der Waals surface area contributed by atoms with Crippen LogP contribution in [0.1, 0.15) is 20.8 Å². The Hall–Kier alpha value is -1.84. The predicted molar refractivity (Wildman–Crippen MR) is 64.6 cm³/mol. The number of benzene rings is 1. The lowest BCUT2D eigenvalue weighted by molar-refractivity contribution is 0.312. The van der Waals surface area contributed by atoms with E-state index in [2.05, 4.69) is 12.1 Å². The molecule has 0 bridgehead atoms. The summed E-state index contributed by atoms with van der Waals surface area (Å²) in [5.41, 5.74) is -0.568. The molecule has 1 aliphatic heterocycles. The Kier molecular flexibility index (Phi) is 2.35. The fraction of sp³-hybridized carbons (Fsp3) is 0.429. The zero-order valence-electron chi connectivity index (χ0n) is 10.8. The molecule has 0 saturated carbocycles. The fourth-order valence-electron chi connectivity index (χ4n) is 2.00. The first kappa shape index (κ1) is 10.3. The van der Waals surface area contributed by atoms with Crippen LogP contribution in [0.15, 0.2) is 30.3 Å². The van der Waals surface area contributed by atoms with Gasteiger partial charge in [0.15, 0.2) is 5.41 Å². The van der Waals surface area contributed by atoms with Crippen molar-refractivity contribution in [2.45, 2.75) is 25.9 Å². The Balaban J connectivity index is 2.17. The van der Waals surface area contributed by atoms with E-state index in [9.17, 15) is 10.5 Å². The molecule has 0 amide bonds. The Labute approximate surface area is 103 Å². The zero-order chi connectivity index (χ0) is 13.2. The zero-order valence-corrected chi connectivity index (χ0v) is 9.85. The van der Waals surface area contributed by atoms with Gasteiger partial charge in [-0.3, -0.25) is 4.90 Å². The summed E-state index contributed by atoms with van der Waals surface area (Å²) in [4.78, 5) is 2.04. The molecule has 0 aromatic heterocycles. The molecule has 2 atom stereocenters. The molecule has 2 unspecified atom stereocenters. The molecule has 3 nitrogen and oxygen atoms in total. The largest absolute Gasteiger partial charge is 0.288 e. The van der Waals surface area contributed by atoms with Crippen molar-refractivity contribution in [2.24, 2.45) is 5.41 Å². The normalized spacial score (nSPS) is 27.7. The molecule has 1 fully saturated rings. The van der Waals surface area contributed by atoms with Crippen molar-refractivity contribution in [3.8, 4) is 12.1 Å². The maximum Gasteiger partial charge on any atom is 0.160 e. The van der Waals surface area contributed by atoms with E-state index in [1.54, 1.807) is 6.92 Å². The van der Waals surface area contributed by atoms with Crippen LogP contribution in [0, 0.1) is 28.1 Å². The minimum atomic E-state index is -1.11. The molecule has 1 saturated heterocycles. The molecule has 3 heteroatoms. The molecule has 1 heterocycles. The van der Waals surface area contributed by atoms with E-state index < -0.39 is 11.0 Å². The van der Waals surface area contributed by atoms with E-state index in [0.29, 0.717) is 13.1 Å². The first-order valence-corrected chi connectivity index (χ1v) is 5.52. The van der Waals surface area contributed by atoms with Crippen molar-refractivity contribution in [1.29, 1.82) is 10.5 Å². The number of nitrogens with zero attached hydrogens (tertiary/aromatic N) is 3. The smallest absolute Gasteiger partial charge is 0.160 e. The van der Waals surface area contributed by atoms with Gasteiger partial charge in [0, 0.05) is 14.5 Å². The summed E-state index contributed by atoms with van der Waals surface area (Å²) in [6.07, 6.45) is 0. The van der Waals surface area contributed by atoms with E-state index in [-0.39, 0.29) is 6.90 Å². The van der Waals surface area contributed by atoms with Crippen LogP contribution < -0.4 is 0 Å². The van der Waals surface area contributed by atoms with Gasteiger partial charge in [-0.2, -0.15) is 10.5 Å². The van der Waals surface area contributed by atoms with Gasteiger partial charge in [0.25, 0.3) is 0 Å². The average molecular weight is 226 g/mol. The minimum absolute atomic E-state index is 0.0808. The molecule has 0 N–H and O–H groups in total. The predicted octanol–water partition coefficient (Wildman–Crippen LogP) is 2.31. The van der Waals surface area contributed by atoms with Crippen LogP contribution in [0.3, 0.4) is 0 Å². The summed E-state index contributed by atoms with van der Waals surface area (Å²) in [6, 6.07) is 14.1. The van der Waals surface area contributed by atoms with E-state index in [1.807, 2.05) is 35.2 Å². The summed E-state index contributed by atoms with van der Waals surface area (Å²) < 4.78 is 7.68. The van der Waals surface area contributed by atoms with Gasteiger partial charge in [0.1, 0.15) is 0 Å². The highest BCUT2D eigenvalue weighted by molar-refractivity contribution is 5.30. The van der Waals surface area contributed by atoms with Crippen LogP contribution in [0.4, 0.5) is 0 Å². The molecule has 86 valence electrons. The van der Waals surface area contributed by atoms with Crippen molar-refractivity contribution in [2.75, 3.05) is 6.54 Å². The van der Waals surface area contributed by atoms with Crippen LogP contribution in [0.5, 0.6) is 0 Å². The topological polar surface area (TPSA) is 50.6 Å². The summed E-state index contributed by atoms with van der Waals surface area (Å²) in [6.45, 7) is 3.05. The van der Waals surface area contributed by atoms with Crippen molar-refractivity contribution < 1.29 is 1.37 Å². The summed E-state index contributed by atoms with van der Waals surface area (Å²) >= 11 is 0. The molecule has 0 spiro atoms. The van der Waals surface area contributed by atoms with Crippen LogP contribution in [0.2, 0.25) is 0 Å². The molecule has 1 aromatic rings. The Morgan fingerprint density at radius 1 is 1.41 bits per heavy atom. The molecule has 1 aromatic carbocycles. The highest BCUT2D eigenvalue weighted by Crippen LogP contribution is 2.47. The molecule has 0 radical (unpaired) electrons. The Morgan fingerprint density at radius 2 is 2.06 bits per heavy atom. The lowest BCUT2D eigenvalue weighted by Crippen LogP contribution is -2.34. The molecular formula is C14H15N3. The van der Waals surface area contributed by atoms with E-state index in [0.717, 1.165) is 5.56 Å². The quantitative estimate of drug-likeness (QED) is 0.743. The Bertz CT molecular complexity index is 500. The van der Waals surface area contributed by atoms with Gasteiger partial charge in [0.2, 0.25) is 0 Å². The van der Waals surface area contributed by atoms with Gasteiger partial charge in [-0.15, -0.1) is 0 Å². The lowest BCUT2D eigenvalue weighted by atomic mass is 9.80. The van der Waals surface area contributed by atoms with Gasteiger partial charge in [-0.1, -0.05) is 30.3 Å². The second-order valence-corrected chi connectivity index (χ2v) is 4.72. The third-order valence-electron chi connectivity index (χ3n) is 3.55. The second-order valence-electron chi connectivity index (χ2n) is 4.72. The molecule has 1 aliphatic rings. The van der Waals surface area contributed by atoms with Crippen LogP contribution in [-0.4, -0.2) is 17.0 Å². The Morgan fingerprint density at radius 3 is 2.59 bits per heavy atom. The number of hydrogen-bond acceptors (Lipinski definition) is 3. The standard InChI is InChI=1S/C14H15N3/c1-13(9-15,10-16)14(2)11-17(14)8-12-6-4-3-5-7-12/h3-7H,8,11H2,1-2H3/i2D. The first-order chi connectivity index (χ1) is 8.62. The van der Waals surface area contributed by atoms with Crippen molar-refractivity contribution in [1.82, 2.24) is 4.90 Å². The van der Waals surface area contributed by atoms with Gasteiger partial charge >= 0.3 is 0 Å². The molecule has 17 heavy (non-hydrogen) atoms. The van der Waals surface area contributed by atoms with E-state index >= 15 is 0 Å². The van der Waals surface area contributed by atoms with Crippen LogP contribution in [-0.2, 0) is 6.54 Å². The molecular weight excluding hydrogens is 210 g/mol. The van der Waals surface area contributed by atoms with Crippen molar-refractivity contribution in [3.63, 3.8) is 0 Å². The monoisotopic (exact) mass is 226 g/mol. The number of hydrogen-bond donors (Lipinski definition) is 0. The van der Waals surface area contributed by atoms with Crippen LogP contribution in [0.25, 0.3) is 0 Å². The van der Waals surface area contributed by atoms with Crippen molar-refractivity contribution in [3.05, 3.63) is 35.9 Å². The van der Waals surface area contributed by atoms with Gasteiger partial charge in [-0.25, -0.2) is 0 Å². The van der Waals surface area contributed by atoms with Crippen molar-refractivity contribution >= 4 is 0 Å². The highest BCUT2D eigenvalue weighted by Gasteiger charge is 2.60. The van der Waals surface area contributed by atoms with Crippen LogP contribution >= 0.6 is 0 Å². The van der Waals surface area contributed by atoms with Gasteiger partial charge < -0.3 is 0 Å². The number of rotatable bonds is 3. The molecule has 0 aliphatic carbocycles. The molecule has 2 rings (SSSR count). The summed E-state index contributed by atoms with van der Waals surface area (Å²) in [5, 5.41) is 18.4.